The fourth-order valence-electron chi connectivity index (χ4n) is 2.55. The van der Waals surface area contributed by atoms with E-state index in [1.54, 1.807) is 12.3 Å². The van der Waals surface area contributed by atoms with Crippen molar-refractivity contribution < 1.29 is 8.83 Å². The molecule has 0 fully saturated rings. The summed E-state index contributed by atoms with van der Waals surface area (Å²) >= 11 is 0. The van der Waals surface area contributed by atoms with Crippen molar-refractivity contribution in [3.8, 4) is 0 Å². The first kappa shape index (κ1) is 20.1. The Kier molecular flexibility index (Phi) is 7.77. The maximum atomic E-state index is 5.92. The number of benzene rings is 1. The van der Waals surface area contributed by atoms with Crippen LogP contribution < -0.4 is 10.6 Å². The van der Waals surface area contributed by atoms with Gasteiger partial charge in [0.05, 0.1) is 12.3 Å². The van der Waals surface area contributed by atoms with E-state index in [0.717, 1.165) is 34.9 Å². The first-order valence-corrected chi connectivity index (χ1v) is 8.43. The lowest BCUT2D eigenvalue weighted by atomic mass is 10.2. The fraction of sp³-hybridized carbons (Fsp3) is 0.250. The van der Waals surface area contributed by atoms with Crippen LogP contribution >= 0.6 is 24.0 Å². The Morgan fingerprint density at radius 3 is 2.85 bits per heavy atom. The third-order valence-corrected chi connectivity index (χ3v) is 3.85. The number of nitrogens with one attached hydrogen (secondary N) is 2. The van der Waals surface area contributed by atoms with Crippen molar-refractivity contribution in [1.29, 1.82) is 0 Å². The van der Waals surface area contributed by atoms with Crippen LogP contribution in [0.5, 0.6) is 0 Å². The molecule has 3 rings (SSSR count). The number of guanidine groups is 1. The molecule has 2 aromatic heterocycles. The highest BCUT2D eigenvalue weighted by Gasteiger charge is 2.13. The molecule has 138 valence electrons. The number of fused-ring (bicyclic) bond motifs is 1. The summed E-state index contributed by atoms with van der Waals surface area (Å²) < 4.78 is 11.3. The Hall–Kier alpha value is -2.22. The van der Waals surface area contributed by atoms with Crippen LogP contribution in [0.1, 0.15) is 24.5 Å². The van der Waals surface area contributed by atoms with E-state index in [0.29, 0.717) is 13.1 Å². The molecule has 1 aromatic carbocycles. The molecule has 0 spiro atoms. The first-order chi connectivity index (χ1) is 12.3. The van der Waals surface area contributed by atoms with Gasteiger partial charge in [0.15, 0.2) is 5.96 Å². The lowest BCUT2D eigenvalue weighted by molar-refractivity contribution is 0.488. The summed E-state index contributed by atoms with van der Waals surface area (Å²) in [5, 5.41) is 7.71. The smallest absolute Gasteiger partial charge is 0.192 e. The second-order valence-electron chi connectivity index (χ2n) is 5.78. The Morgan fingerprint density at radius 2 is 2.12 bits per heavy atom. The van der Waals surface area contributed by atoms with Gasteiger partial charge in [-0.05, 0) is 31.2 Å². The number of rotatable bonds is 7. The Balaban J connectivity index is 0.00000243. The molecule has 1 unspecified atom stereocenters. The second kappa shape index (κ2) is 10.1. The summed E-state index contributed by atoms with van der Waals surface area (Å²) in [6, 6.07) is 13.9. The van der Waals surface area contributed by atoms with E-state index < -0.39 is 0 Å². The molecule has 5 nitrogen and oxygen atoms in total. The van der Waals surface area contributed by atoms with Crippen LogP contribution in [0.3, 0.4) is 0 Å². The fourth-order valence-corrected chi connectivity index (χ4v) is 2.55. The highest BCUT2D eigenvalue weighted by molar-refractivity contribution is 14.0. The Bertz CT molecular complexity index is 807. The van der Waals surface area contributed by atoms with E-state index in [9.17, 15) is 0 Å². The van der Waals surface area contributed by atoms with Crippen LogP contribution in [0.15, 0.2) is 75.2 Å². The minimum Gasteiger partial charge on any atom is -0.469 e. The predicted octanol–water partition coefficient (Wildman–Crippen LogP) is 4.67. The van der Waals surface area contributed by atoms with Crippen LogP contribution in [0, 0.1) is 0 Å². The molecule has 3 aromatic rings. The lowest BCUT2D eigenvalue weighted by Crippen LogP contribution is -2.39. The summed E-state index contributed by atoms with van der Waals surface area (Å²) in [7, 11) is 0. The summed E-state index contributed by atoms with van der Waals surface area (Å²) in [5.74, 6) is 2.52. The Labute approximate surface area is 170 Å². The Morgan fingerprint density at radius 1 is 1.27 bits per heavy atom. The van der Waals surface area contributed by atoms with Crippen molar-refractivity contribution in [3.05, 3.63) is 72.9 Å². The molecule has 0 aliphatic rings. The number of nitrogens with zero attached hydrogens (tertiary/aromatic N) is 1. The summed E-state index contributed by atoms with van der Waals surface area (Å²) in [5.41, 5.74) is 0.890. The molecule has 6 heteroatoms. The maximum Gasteiger partial charge on any atom is 0.192 e. The third kappa shape index (κ3) is 5.39. The van der Waals surface area contributed by atoms with Crippen LogP contribution in [0.2, 0.25) is 0 Å². The highest BCUT2D eigenvalue weighted by atomic mass is 127. The van der Waals surface area contributed by atoms with Gasteiger partial charge in [-0.1, -0.05) is 24.3 Å². The molecule has 0 aliphatic carbocycles. The third-order valence-electron chi connectivity index (χ3n) is 3.85. The van der Waals surface area contributed by atoms with E-state index in [4.69, 9.17) is 8.83 Å². The van der Waals surface area contributed by atoms with Crippen molar-refractivity contribution in [1.82, 2.24) is 10.6 Å². The summed E-state index contributed by atoms with van der Waals surface area (Å²) in [6.07, 6.45) is 4.24. The van der Waals surface area contributed by atoms with Crippen LogP contribution in [-0.4, -0.2) is 19.0 Å². The summed E-state index contributed by atoms with van der Waals surface area (Å²) in [6.45, 7) is 7.06. The molecular formula is C20H24IN3O2. The van der Waals surface area contributed by atoms with Gasteiger partial charge >= 0.3 is 0 Å². The quantitative estimate of drug-likeness (QED) is 0.231. The molecule has 0 bridgehead atoms. The topological polar surface area (TPSA) is 62.7 Å². The number of halogens is 1. The number of para-hydroxylation sites is 1. The molecule has 2 N–H and O–H groups in total. The zero-order chi connectivity index (χ0) is 17.5. The number of furan rings is 2. The van der Waals surface area contributed by atoms with Crippen LogP contribution in [0.4, 0.5) is 0 Å². The number of aliphatic imine (C=N–C) groups is 1. The van der Waals surface area contributed by atoms with Gasteiger partial charge in [0.25, 0.3) is 0 Å². The monoisotopic (exact) mass is 465 g/mol. The second-order valence-corrected chi connectivity index (χ2v) is 5.78. The van der Waals surface area contributed by atoms with Gasteiger partial charge in [0.1, 0.15) is 17.1 Å². The SMILES string of the molecule is C=CCNC(=NCCc1ccco1)NC(C)c1cc2ccccc2o1.I. The minimum absolute atomic E-state index is 0. The molecule has 26 heavy (non-hydrogen) atoms. The van der Waals surface area contributed by atoms with Gasteiger partial charge in [-0.15, -0.1) is 30.6 Å². The van der Waals surface area contributed by atoms with E-state index in [1.807, 2.05) is 36.4 Å². The van der Waals surface area contributed by atoms with Gasteiger partial charge in [0.2, 0.25) is 0 Å². The van der Waals surface area contributed by atoms with Gasteiger partial charge in [-0.25, -0.2) is 0 Å². The van der Waals surface area contributed by atoms with Crippen molar-refractivity contribution in [2.75, 3.05) is 13.1 Å². The van der Waals surface area contributed by atoms with Gasteiger partial charge in [-0.2, -0.15) is 0 Å². The average molecular weight is 465 g/mol. The molecule has 0 aliphatic heterocycles. The van der Waals surface area contributed by atoms with Crippen LogP contribution in [-0.2, 0) is 6.42 Å². The van der Waals surface area contributed by atoms with E-state index in [-0.39, 0.29) is 30.0 Å². The van der Waals surface area contributed by atoms with Gasteiger partial charge in [-0.3, -0.25) is 4.99 Å². The number of hydrogen-bond acceptors (Lipinski definition) is 3. The van der Waals surface area contributed by atoms with E-state index in [2.05, 4.69) is 35.2 Å². The van der Waals surface area contributed by atoms with Gasteiger partial charge < -0.3 is 19.5 Å². The maximum absolute atomic E-state index is 5.92. The van der Waals surface area contributed by atoms with Crippen molar-refractivity contribution in [3.63, 3.8) is 0 Å². The highest BCUT2D eigenvalue weighted by Crippen LogP contribution is 2.23. The molecule has 0 saturated carbocycles. The average Bonchev–Trinajstić information content (AvgIpc) is 3.28. The summed E-state index contributed by atoms with van der Waals surface area (Å²) in [4.78, 5) is 4.60. The van der Waals surface area contributed by atoms with Crippen LogP contribution in [0.25, 0.3) is 11.0 Å². The van der Waals surface area contributed by atoms with Gasteiger partial charge in [0, 0.05) is 24.9 Å². The van der Waals surface area contributed by atoms with Crippen molar-refractivity contribution in [2.45, 2.75) is 19.4 Å². The van der Waals surface area contributed by atoms with Crippen molar-refractivity contribution in [2.24, 2.45) is 4.99 Å². The molecule has 1 atom stereocenters. The number of hydrogen-bond donors (Lipinski definition) is 2. The lowest BCUT2D eigenvalue weighted by Gasteiger charge is -2.16. The molecule has 2 heterocycles. The molecule has 0 saturated heterocycles. The largest absolute Gasteiger partial charge is 0.469 e. The molecule has 0 amide bonds. The first-order valence-electron chi connectivity index (χ1n) is 8.43. The van der Waals surface area contributed by atoms with Crippen molar-refractivity contribution >= 4 is 40.9 Å². The zero-order valence-electron chi connectivity index (χ0n) is 14.8. The van der Waals surface area contributed by atoms with E-state index in [1.165, 1.54) is 0 Å². The standard InChI is InChI=1S/C20H23N3O2.HI/c1-3-11-21-20(22-12-10-17-8-6-13-24-17)23-15(2)19-14-16-7-4-5-9-18(16)25-19;/h3-9,13-15H,1,10-12H2,2H3,(H2,21,22,23);1H. The minimum atomic E-state index is -0.00734. The molecule has 0 radical (unpaired) electrons. The molecular weight excluding hydrogens is 441 g/mol. The normalized spacial score (nSPS) is 12.4. The zero-order valence-corrected chi connectivity index (χ0v) is 17.1. The predicted molar refractivity (Wildman–Crippen MR) is 116 cm³/mol. The van der Waals surface area contributed by atoms with E-state index >= 15 is 0 Å².